The van der Waals surface area contributed by atoms with Crippen LogP contribution in [0.4, 0.5) is 0 Å². The third kappa shape index (κ3) is 2.68. The highest BCUT2D eigenvalue weighted by Gasteiger charge is 2.35. The number of hydrogen-bond donors (Lipinski definition) is 0. The molecule has 0 spiro atoms. The fourth-order valence-corrected chi connectivity index (χ4v) is 2.37. The molecule has 1 saturated carbocycles. The van der Waals surface area contributed by atoms with Crippen LogP contribution in [-0.2, 0) is 19.1 Å². The van der Waals surface area contributed by atoms with E-state index in [0.717, 1.165) is 32.2 Å². The smallest absolute Gasteiger partial charge is 0.157 e. The van der Waals surface area contributed by atoms with Gasteiger partial charge in [0.1, 0.15) is 12.1 Å². The molecule has 0 amide bonds. The molecule has 0 bridgehead atoms. The van der Waals surface area contributed by atoms with Gasteiger partial charge in [0.25, 0.3) is 0 Å². The van der Waals surface area contributed by atoms with E-state index in [1.165, 1.54) is 0 Å². The van der Waals surface area contributed by atoms with E-state index >= 15 is 0 Å². The maximum atomic E-state index is 11.5. The van der Waals surface area contributed by atoms with Crippen LogP contribution in [0.1, 0.15) is 32.1 Å². The Hall–Kier alpha value is -0.740. The van der Waals surface area contributed by atoms with Gasteiger partial charge in [0, 0.05) is 18.9 Å². The van der Waals surface area contributed by atoms with Gasteiger partial charge in [-0.1, -0.05) is 0 Å². The largest absolute Gasteiger partial charge is 0.353 e. The maximum absolute atomic E-state index is 11.5. The molecule has 1 unspecified atom stereocenters. The van der Waals surface area contributed by atoms with E-state index in [2.05, 4.69) is 0 Å². The lowest BCUT2D eigenvalue weighted by Crippen LogP contribution is -2.28. The Kier molecular flexibility index (Phi) is 4.07. The number of aldehydes is 1. The molecule has 4 heteroatoms. The minimum Gasteiger partial charge on any atom is -0.353 e. The number of ketones is 1. The molecule has 3 atom stereocenters. The van der Waals surface area contributed by atoms with Crippen LogP contribution in [0.2, 0.25) is 0 Å². The minimum absolute atomic E-state index is 0.143. The summed E-state index contributed by atoms with van der Waals surface area (Å²) in [5.41, 5.74) is 0. The van der Waals surface area contributed by atoms with E-state index in [9.17, 15) is 9.59 Å². The molecule has 2 aliphatic rings. The Balaban J connectivity index is 1.79. The Morgan fingerprint density at radius 2 is 2.25 bits per heavy atom. The van der Waals surface area contributed by atoms with Gasteiger partial charge >= 0.3 is 0 Å². The average Bonchev–Trinajstić information content (AvgIpc) is 2.69. The molecular formula is C12H18O4. The quantitative estimate of drug-likeness (QED) is 0.678. The van der Waals surface area contributed by atoms with Gasteiger partial charge in [-0.15, -0.1) is 0 Å². The van der Waals surface area contributed by atoms with Crippen LogP contribution in [0.25, 0.3) is 0 Å². The number of Topliss-reactive ketones (excluding diaryl/α,β-unsaturated/α-hetero) is 1. The lowest BCUT2D eigenvalue weighted by atomic mass is 9.98. The van der Waals surface area contributed by atoms with Crippen molar-refractivity contribution in [2.24, 2.45) is 11.8 Å². The number of carbonyl (C=O) groups excluding carboxylic acids is 2. The van der Waals surface area contributed by atoms with Crippen LogP contribution >= 0.6 is 0 Å². The second-order valence-corrected chi connectivity index (χ2v) is 4.54. The van der Waals surface area contributed by atoms with Crippen molar-refractivity contribution in [2.75, 3.05) is 13.2 Å². The first-order chi connectivity index (χ1) is 7.81. The standard InChI is InChI=1S/C12H18O4/c13-7-9-4-5-11(14)10(9)8-16-12-3-1-2-6-15-12/h7,9-10,12H,1-6,8H2/t9-,10-,12?/m0/s1. The minimum atomic E-state index is -0.233. The van der Waals surface area contributed by atoms with Crippen LogP contribution in [0, 0.1) is 11.8 Å². The van der Waals surface area contributed by atoms with E-state index < -0.39 is 0 Å². The highest BCUT2D eigenvalue weighted by Crippen LogP contribution is 2.28. The Labute approximate surface area is 95.3 Å². The first-order valence-electron chi connectivity index (χ1n) is 6.02. The fraction of sp³-hybridized carbons (Fsp3) is 0.833. The molecule has 0 aromatic heterocycles. The lowest BCUT2D eigenvalue weighted by Gasteiger charge is -2.24. The molecule has 1 saturated heterocycles. The maximum Gasteiger partial charge on any atom is 0.157 e. The third-order valence-electron chi connectivity index (χ3n) is 3.43. The fourth-order valence-electron chi connectivity index (χ4n) is 2.37. The summed E-state index contributed by atoms with van der Waals surface area (Å²) in [6.07, 6.45) is 5.01. The second-order valence-electron chi connectivity index (χ2n) is 4.54. The van der Waals surface area contributed by atoms with Gasteiger partial charge in [-0.2, -0.15) is 0 Å². The number of carbonyl (C=O) groups is 2. The van der Waals surface area contributed by atoms with Gasteiger partial charge in [-0.3, -0.25) is 4.79 Å². The van der Waals surface area contributed by atoms with E-state index in [-0.39, 0.29) is 23.9 Å². The molecule has 1 aliphatic heterocycles. The van der Waals surface area contributed by atoms with Crippen LogP contribution in [0.3, 0.4) is 0 Å². The van der Waals surface area contributed by atoms with E-state index in [0.29, 0.717) is 19.4 Å². The Morgan fingerprint density at radius 1 is 1.38 bits per heavy atom. The summed E-state index contributed by atoms with van der Waals surface area (Å²) >= 11 is 0. The van der Waals surface area contributed by atoms with Gasteiger partial charge < -0.3 is 14.3 Å². The second kappa shape index (κ2) is 5.55. The molecule has 0 radical (unpaired) electrons. The van der Waals surface area contributed by atoms with Crippen molar-refractivity contribution in [3.63, 3.8) is 0 Å². The summed E-state index contributed by atoms with van der Waals surface area (Å²) in [5.74, 6) is -0.216. The summed E-state index contributed by atoms with van der Waals surface area (Å²) in [6.45, 7) is 1.08. The molecule has 2 fully saturated rings. The monoisotopic (exact) mass is 226 g/mol. The molecule has 90 valence electrons. The molecule has 1 aliphatic carbocycles. The molecule has 0 N–H and O–H groups in total. The zero-order chi connectivity index (χ0) is 11.4. The predicted molar refractivity (Wildman–Crippen MR) is 56.8 cm³/mol. The van der Waals surface area contributed by atoms with Gasteiger partial charge in [-0.25, -0.2) is 0 Å². The van der Waals surface area contributed by atoms with Crippen LogP contribution < -0.4 is 0 Å². The van der Waals surface area contributed by atoms with Gasteiger partial charge in [0.2, 0.25) is 0 Å². The van der Waals surface area contributed by atoms with Crippen molar-refractivity contribution in [3.05, 3.63) is 0 Å². The van der Waals surface area contributed by atoms with Crippen LogP contribution in [-0.4, -0.2) is 31.6 Å². The zero-order valence-corrected chi connectivity index (χ0v) is 9.39. The molecular weight excluding hydrogens is 208 g/mol. The summed E-state index contributed by atoms with van der Waals surface area (Å²) in [5, 5.41) is 0. The number of rotatable bonds is 4. The molecule has 0 aromatic carbocycles. The molecule has 4 nitrogen and oxygen atoms in total. The average molecular weight is 226 g/mol. The van der Waals surface area contributed by atoms with Crippen molar-refractivity contribution in [1.82, 2.24) is 0 Å². The van der Waals surface area contributed by atoms with Gasteiger partial charge in [0.05, 0.1) is 12.5 Å². The van der Waals surface area contributed by atoms with Crippen molar-refractivity contribution in [1.29, 1.82) is 0 Å². The first kappa shape index (κ1) is 11.7. The summed E-state index contributed by atoms with van der Waals surface area (Å²) in [6, 6.07) is 0. The van der Waals surface area contributed by atoms with Gasteiger partial charge in [0.15, 0.2) is 6.29 Å². The van der Waals surface area contributed by atoms with Crippen molar-refractivity contribution in [2.45, 2.75) is 38.4 Å². The highest BCUT2D eigenvalue weighted by atomic mass is 16.7. The SMILES string of the molecule is O=C[C@@H]1CCC(=O)[C@H]1COC1CCCCO1. The van der Waals surface area contributed by atoms with E-state index in [1.807, 2.05) is 0 Å². The third-order valence-corrected chi connectivity index (χ3v) is 3.43. The number of ether oxygens (including phenoxy) is 2. The van der Waals surface area contributed by atoms with E-state index in [4.69, 9.17) is 9.47 Å². The van der Waals surface area contributed by atoms with Crippen LogP contribution in [0.5, 0.6) is 0 Å². The molecule has 0 aromatic rings. The Morgan fingerprint density at radius 3 is 2.94 bits per heavy atom. The predicted octanol–water partition coefficient (Wildman–Crippen LogP) is 1.32. The van der Waals surface area contributed by atoms with Crippen molar-refractivity contribution in [3.8, 4) is 0 Å². The normalized spacial score (nSPS) is 35.2. The topological polar surface area (TPSA) is 52.6 Å². The molecule has 16 heavy (non-hydrogen) atoms. The lowest BCUT2D eigenvalue weighted by molar-refractivity contribution is -0.172. The van der Waals surface area contributed by atoms with Crippen LogP contribution in [0.15, 0.2) is 0 Å². The summed E-state index contributed by atoms with van der Waals surface area (Å²) in [4.78, 5) is 22.3. The summed E-state index contributed by atoms with van der Waals surface area (Å²) in [7, 11) is 0. The zero-order valence-electron chi connectivity index (χ0n) is 9.39. The van der Waals surface area contributed by atoms with Gasteiger partial charge in [-0.05, 0) is 25.7 Å². The van der Waals surface area contributed by atoms with E-state index in [1.54, 1.807) is 0 Å². The van der Waals surface area contributed by atoms with Crippen molar-refractivity contribution < 1.29 is 19.1 Å². The molecule has 1 heterocycles. The highest BCUT2D eigenvalue weighted by molar-refractivity contribution is 5.87. The Bertz CT molecular complexity index is 258. The molecule has 2 rings (SSSR count). The van der Waals surface area contributed by atoms with Crippen molar-refractivity contribution >= 4 is 12.1 Å². The summed E-state index contributed by atoms with van der Waals surface area (Å²) < 4.78 is 11.0. The number of hydrogen-bond acceptors (Lipinski definition) is 4. The first-order valence-corrected chi connectivity index (χ1v) is 6.02.